The predicted octanol–water partition coefficient (Wildman–Crippen LogP) is 0.609. The highest BCUT2D eigenvalue weighted by Crippen LogP contribution is 2.08. The van der Waals surface area contributed by atoms with E-state index in [9.17, 15) is 4.79 Å². The average molecular weight is 251 g/mol. The highest BCUT2D eigenvalue weighted by atomic mass is 16.2. The van der Waals surface area contributed by atoms with Gasteiger partial charge in [-0.25, -0.2) is 4.98 Å². The number of rotatable bonds is 4. The van der Waals surface area contributed by atoms with Gasteiger partial charge in [0.15, 0.2) is 0 Å². The summed E-state index contributed by atoms with van der Waals surface area (Å²) in [7, 11) is 0. The molecule has 0 unspecified atom stereocenters. The van der Waals surface area contributed by atoms with Gasteiger partial charge >= 0.3 is 0 Å². The van der Waals surface area contributed by atoms with Crippen LogP contribution in [-0.2, 0) is 0 Å². The molecule has 100 valence electrons. The van der Waals surface area contributed by atoms with Crippen LogP contribution in [-0.4, -0.2) is 63.6 Å². The second-order valence-corrected chi connectivity index (χ2v) is 5.15. The highest BCUT2D eigenvalue weighted by molar-refractivity contribution is 5.90. The topological polar surface area (TPSA) is 65.1 Å². The van der Waals surface area contributed by atoms with Crippen LogP contribution in [0, 0.1) is 5.92 Å². The monoisotopic (exact) mass is 251 g/mol. The number of aromatic nitrogens is 3. The summed E-state index contributed by atoms with van der Waals surface area (Å²) in [4.78, 5) is 20.2. The molecule has 0 spiro atoms. The lowest BCUT2D eigenvalue weighted by Gasteiger charge is -2.34. The maximum Gasteiger partial charge on any atom is 0.291 e. The van der Waals surface area contributed by atoms with Crippen LogP contribution in [0.25, 0.3) is 0 Å². The summed E-state index contributed by atoms with van der Waals surface area (Å²) in [5.74, 6) is 1.03. The van der Waals surface area contributed by atoms with E-state index in [1.807, 2.05) is 4.90 Å². The van der Waals surface area contributed by atoms with Gasteiger partial charge in [0.25, 0.3) is 5.91 Å². The molecule has 0 saturated carbocycles. The molecule has 6 heteroatoms. The Morgan fingerprint density at radius 3 is 2.67 bits per heavy atom. The normalized spacial score (nSPS) is 17.4. The van der Waals surface area contributed by atoms with Crippen molar-refractivity contribution in [1.82, 2.24) is 25.0 Å². The summed E-state index contributed by atoms with van der Waals surface area (Å²) in [5.41, 5.74) is 0. The zero-order valence-electron chi connectivity index (χ0n) is 11.1. The van der Waals surface area contributed by atoms with Gasteiger partial charge in [-0.1, -0.05) is 13.8 Å². The molecule has 1 N–H and O–H groups in total. The molecule has 1 aliphatic heterocycles. The van der Waals surface area contributed by atoms with Crippen molar-refractivity contribution in [2.45, 2.75) is 20.3 Å². The number of nitrogens with zero attached hydrogens (tertiary/aromatic N) is 4. The van der Waals surface area contributed by atoms with E-state index >= 15 is 0 Å². The summed E-state index contributed by atoms with van der Waals surface area (Å²) in [6.45, 7) is 9.06. The summed E-state index contributed by atoms with van der Waals surface area (Å²) in [6, 6.07) is 0. The minimum absolute atomic E-state index is 0.0454. The van der Waals surface area contributed by atoms with Gasteiger partial charge in [-0.05, 0) is 18.9 Å². The third kappa shape index (κ3) is 3.29. The van der Waals surface area contributed by atoms with E-state index in [-0.39, 0.29) is 5.91 Å². The number of nitrogens with one attached hydrogen (secondary N) is 1. The zero-order chi connectivity index (χ0) is 13.0. The Balaban J connectivity index is 1.78. The van der Waals surface area contributed by atoms with E-state index < -0.39 is 0 Å². The molecule has 1 fully saturated rings. The molecule has 1 saturated heterocycles. The maximum absolute atomic E-state index is 12.0. The van der Waals surface area contributed by atoms with E-state index in [1.165, 1.54) is 12.7 Å². The fraction of sp³-hybridized carbons (Fsp3) is 0.750. The van der Waals surface area contributed by atoms with Crippen LogP contribution in [0.3, 0.4) is 0 Å². The summed E-state index contributed by atoms with van der Waals surface area (Å²) >= 11 is 0. The van der Waals surface area contributed by atoms with Crippen LogP contribution < -0.4 is 0 Å². The Bertz CT molecular complexity index is 368. The van der Waals surface area contributed by atoms with Gasteiger partial charge in [0.05, 0.1) is 0 Å². The molecule has 18 heavy (non-hydrogen) atoms. The van der Waals surface area contributed by atoms with E-state index in [0.717, 1.165) is 38.6 Å². The van der Waals surface area contributed by atoms with E-state index in [4.69, 9.17) is 0 Å². The molecule has 1 aliphatic rings. The molecule has 0 bridgehead atoms. The molecule has 6 nitrogen and oxygen atoms in total. The number of carbonyl (C=O) groups is 1. The Hall–Kier alpha value is -1.43. The van der Waals surface area contributed by atoms with Crippen molar-refractivity contribution in [3.05, 3.63) is 12.2 Å². The molecule has 0 aliphatic carbocycles. The highest BCUT2D eigenvalue weighted by Gasteiger charge is 2.23. The first-order chi connectivity index (χ1) is 8.66. The molecule has 1 aromatic rings. The lowest BCUT2D eigenvalue weighted by molar-refractivity contribution is 0.0620. The van der Waals surface area contributed by atoms with Gasteiger partial charge in [0.1, 0.15) is 6.33 Å². The maximum atomic E-state index is 12.0. The van der Waals surface area contributed by atoms with Gasteiger partial charge in [-0.15, -0.1) is 0 Å². The Kier molecular flexibility index (Phi) is 4.30. The molecule has 2 heterocycles. The first-order valence-electron chi connectivity index (χ1n) is 6.54. The number of aromatic amines is 1. The van der Waals surface area contributed by atoms with Crippen molar-refractivity contribution in [2.24, 2.45) is 5.92 Å². The molecular formula is C12H21N5O. The van der Waals surface area contributed by atoms with Gasteiger partial charge in [0.2, 0.25) is 5.82 Å². The zero-order valence-corrected chi connectivity index (χ0v) is 11.1. The number of amides is 1. The summed E-state index contributed by atoms with van der Waals surface area (Å²) in [6.07, 6.45) is 2.59. The molecule has 0 atom stereocenters. The van der Waals surface area contributed by atoms with Crippen LogP contribution in [0.15, 0.2) is 6.33 Å². The van der Waals surface area contributed by atoms with Gasteiger partial charge in [-0.3, -0.25) is 14.8 Å². The average Bonchev–Trinajstić information content (AvgIpc) is 2.90. The summed E-state index contributed by atoms with van der Waals surface area (Å²) < 4.78 is 0. The molecule has 1 amide bonds. The second kappa shape index (κ2) is 5.95. The molecule has 1 aromatic heterocycles. The summed E-state index contributed by atoms with van der Waals surface area (Å²) in [5, 5.41) is 6.33. The first-order valence-corrected chi connectivity index (χ1v) is 6.54. The SMILES string of the molecule is CC(C)CCN1CCN(C(=O)c2ncn[nH]2)CC1. The van der Waals surface area contributed by atoms with E-state index in [1.54, 1.807) is 0 Å². The fourth-order valence-corrected chi connectivity index (χ4v) is 2.07. The quantitative estimate of drug-likeness (QED) is 0.851. The lowest BCUT2D eigenvalue weighted by Crippen LogP contribution is -2.49. The van der Waals surface area contributed by atoms with Gasteiger partial charge in [0, 0.05) is 26.2 Å². The van der Waals surface area contributed by atoms with Gasteiger partial charge < -0.3 is 4.90 Å². The van der Waals surface area contributed by atoms with Crippen molar-refractivity contribution in [3.8, 4) is 0 Å². The second-order valence-electron chi connectivity index (χ2n) is 5.15. The van der Waals surface area contributed by atoms with Crippen LogP contribution >= 0.6 is 0 Å². The van der Waals surface area contributed by atoms with Crippen LogP contribution in [0.5, 0.6) is 0 Å². The smallest absolute Gasteiger partial charge is 0.291 e. The molecule has 0 aromatic carbocycles. The minimum atomic E-state index is -0.0454. The Morgan fingerprint density at radius 2 is 2.11 bits per heavy atom. The standard InChI is InChI=1S/C12H21N5O/c1-10(2)3-4-16-5-7-17(8-6-16)12(18)11-13-9-14-15-11/h9-10H,3-8H2,1-2H3,(H,13,14,15). The number of H-pyrrole nitrogens is 1. The van der Waals surface area contributed by atoms with Crippen molar-refractivity contribution in [1.29, 1.82) is 0 Å². The molecular weight excluding hydrogens is 230 g/mol. The number of piperazine rings is 1. The Morgan fingerprint density at radius 1 is 1.39 bits per heavy atom. The molecule has 0 radical (unpaired) electrons. The van der Waals surface area contributed by atoms with Crippen molar-refractivity contribution >= 4 is 5.91 Å². The third-order valence-electron chi connectivity index (χ3n) is 3.30. The molecule has 2 rings (SSSR count). The van der Waals surface area contributed by atoms with Crippen LogP contribution in [0.4, 0.5) is 0 Å². The van der Waals surface area contributed by atoms with Crippen LogP contribution in [0.2, 0.25) is 0 Å². The Labute approximate surface area is 107 Å². The number of hydrogen-bond acceptors (Lipinski definition) is 4. The minimum Gasteiger partial charge on any atom is -0.333 e. The first kappa shape index (κ1) is 13.0. The predicted molar refractivity (Wildman–Crippen MR) is 68.2 cm³/mol. The van der Waals surface area contributed by atoms with Crippen molar-refractivity contribution in [3.63, 3.8) is 0 Å². The number of hydrogen-bond donors (Lipinski definition) is 1. The third-order valence-corrected chi connectivity index (χ3v) is 3.30. The van der Waals surface area contributed by atoms with Crippen LogP contribution in [0.1, 0.15) is 30.9 Å². The van der Waals surface area contributed by atoms with E-state index in [0.29, 0.717) is 5.82 Å². The number of carbonyl (C=O) groups excluding carboxylic acids is 1. The fourth-order valence-electron chi connectivity index (χ4n) is 2.07. The van der Waals surface area contributed by atoms with Crippen molar-refractivity contribution in [2.75, 3.05) is 32.7 Å². The van der Waals surface area contributed by atoms with E-state index in [2.05, 4.69) is 33.9 Å². The lowest BCUT2D eigenvalue weighted by atomic mass is 10.1. The largest absolute Gasteiger partial charge is 0.333 e. The van der Waals surface area contributed by atoms with Crippen molar-refractivity contribution < 1.29 is 4.79 Å². The van der Waals surface area contributed by atoms with Gasteiger partial charge in [-0.2, -0.15) is 5.10 Å².